The van der Waals surface area contributed by atoms with E-state index in [1.165, 1.54) is 54.4 Å². The fourth-order valence-corrected chi connectivity index (χ4v) is 10.3. The molecule has 7 aliphatic rings. The number of nitrogens with zero attached hydrogens (tertiary/aromatic N) is 1. The van der Waals surface area contributed by atoms with Crippen LogP contribution in [-0.4, -0.2) is 63.2 Å². The number of rotatable bonds is 8. The van der Waals surface area contributed by atoms with E-state index in [9.17, 15) is 0 Å². The predicted molar refractivity (Wildman–Crippen MR) is 138 cm³/mol. The van der Waals surface area contributed by atoms with Crippen LogP contribution in [0.3, 0.4) is 0 Å². The molecule has 9 rings (SSSR count). The highest BCUT2D eigenvalue weighted by atomic mass is 16.6. The van der Waals surface area contributed by atoms with Gasteiger partial charge in [0.1, 0.15) is 11.7 Å². The van der Waals surface area contributed by atoms with E-state index in [0.29, 0.717) is 25.2 Å². The average Bonchev–Trinajstić information content (AvgIpc) is 3.40. The van der Waals surface area contributed by atoms with Crippen LogP contribution >= 0.6 is 0 Å². The Kier molecular flexibility index (Phi) is 4.67. The van der Waals surface area contributed by atoms with Gasteiger partial charge in [0.15, 0.2) is 11.5 Å². The number of benzene rings is 1. The molecule has 5 aliphatic carbocycles. The highest BCUT2D eigenvalue weighted by Gasteiger charge is 2.83. The van der Waals surface area contributed by atoms with E-state index >= 15 is 0 Å². The minimum Gasteiger partial charge on any atom is -0.493 e. The second-order valence-electron chi connectivity index (χ2n) is 13.3. The summed E-state index contributed by atoms with van der Waals surface area (Å²) >= 11 is 0. The number of methoxy groups -OCH3 is 2. The number of likely N-dealkylation sites (N-methyl/N-ethyl adjacent to an activating group) is 1. The van der Waals surface area contributed by atoms with Gasteiger partial charge >= 0.3 is 0 Å². The number of ether oxygens (including phenoxy) is 4. The maximum Gasteiger partial charge on any atom is 0.165 e. The summed E-state index contributed by atoms with van der Waals surface area (Å²) in [6.07, 6.45) is 12.1. The molecule has 4 bridgehead atoms. The fourth-order valence-electron chi connectivity index (χ4n) is 10.3. The zero-order chi connectivity index (χ0) is 25.0. The molecule has 37 heavy (non-hydrogen) atoms. The normalized spacial score (nSPS) is 42.4. The molecule has 4 saturated carbocycles. The minimum absolute atomic E-state index is 0.00571. The van der Waals surface area contributed by atoms with Crippen molar-refractivity contribution in [3.8, 4) is 11.5 Å². The lowest BCUT2D eigenvalue weighted by Gasteiger charge is -2.74. The zero-order valence-electron chi connectivity index (χ0n) is 22.5. The van der Waals surface area contributed by atoms with Crippen LogP contribution in [0.2, 0.25) is 0 Å². The molecular formula is C31H40NO5+. The van der Waals surface area contributed by atoms with Gasteiger partial charge in [0.25, 0.3) is 0 Å². The summed E-state index contributed by atoms with van der Waals surface area (Å²) in [4.78, 5) is 0. The third kappa shape index (κ3) is 2.72. The van der Waals surface area contributed by atoms with Crippen LogP contribution in [0.25, 0.3) is 0 Å². The van der Waals surface area contributed by atoms with Gasteiger partial charge in [0.05, 0.1) is 64.4 Å². The predicted octanol–water partition coefficient (Wildman–Crippen LogP) is 4.87. The van der Waals surface area contributed by atoms with E-state index in [0.717, 1.165) is 42.2 Å². The molecule has 0 amide bonds. The summed E-state index contributed by atoms with van der Waals surface area (Å²) in [6.45, 7) is 3.84. The van der Waals surface area contributed by atoms with Crippen molar-refractivity contribution in [1.29, 1.82) is 0 Å². The first-order valence-corrected chi connectivity index (χ1v) is 14.3. The first-order chi connectivity index (χ1) is 18.0. The molecule has 1 aromatic heterocycles. The molecule has 1 saturated heterocycles. The molecule has 6 heteroatoms. The summed E-state index contributed by atoms with van der Waals surface area (Å²) < 4.78 is 32.6. The topological polar surface area (TPSA) is 50.1 Å². The lowest BCUT2D eigenvalue weighted by molar-refractivity contribution is -0.952. The highest BCUT2D eigenvalue weighted by Crippen LogP contribution is 2.77. The molecule has 0 N–H and O–H groups in total. The zero-order valence-corrected chi connectivity index (χ0v) is 22.5. The standard InChI is InChI=1S/C31H40NO5/c1-32(16-20-4-5-20)12-11-30-26-22-6-7-24(33-2)27(26)37-28(30)31(34-3)10-9-29(30,25(32)14-22)15-23(31)19-36-18-21-8-13-35-17-21/h6-8,13,17,20,23,25,28H,4-5,9-12,14-16,18-19H2,1-3H3/q+1/t23-,25-,28-,29-,30+,31-,32-/m1/s1. The van der Waals surface area contributed by atoms with Gasteiger partial charge in [0.2, 0.25) is 0 Å². The Morgan fingerprint density at radius 1 is 1.11 bits per heavy atom. The smallest absolute Gasteiger partial charge is 0.165 e. The fraction of sp³-hybridized carbons (Fsp3) is 0.677. The van der Waals surface area contributed by atoms with E-state index in [1.54, 1.807) is 19.6 Å². The van der Waals surface area contributed by atoms with E-state index in [-0.39, 0.29) is 22.5 Å². The summed E-state index contributed by atoms with van der Waals surface area (Å²) in [6, 6.07) is 7.11. The molecule has 0 radical (unpaired) electrons. The van der Waals surface area contributed by atoms with Crippen LogP contribution < -0.4 is 9.47 Å². The molecule has 2 spiro atoms. The van der Waals surface area contributed by atoms with E-state index in [2.05, 4.69) is 19.2 Å². The van der Waals surface area contributed by atoms with Gasteiger partial charge in [-0.05, 0) is 49.8 Å². The molecular weight excluding hydrogens is 466 g/mol. The van der Waals surface area contributed by atoms with Crippen molar-refractivity contribution in [1.82, 2.24) is 0 Å². The Bertz CT molecular complexity index is 1220. The van der Waals surface area contributed by atoms with Gasteiger partial charge in [-0.2, -0.15) is 0 Å². The number of hydrogen-bond donors (Lipinski definition) is 0. The van der Waals surface area contributed by atoms with Crippen LogP contribution in [0, 0.1) is 17.3 Å². The van der Waals surface area contributed by atoms with Crippen LogP contribution in [-0.2, 0) is 27.9 Å². The number of piperidine rings is 1. The van der Waals surface area contributed by atoms with Crippen molar-refractivity contribution in [3.05, 3.63) is 47.4 Å². The highest BCUT2D eigenvalue weighted by molar-refractivity contribution is 5.63. The van der Waals surface area contributed by atoms with E-state index in [4.69, 9.17) is 23.4 Å². The molecule has 1 aromatic carbocycles. The number of likely N-dealkylation sites (tertiary alicyclic amines) is 1. The van der Waals surface area contributed by atoms with Gasteiger partial charge in [-0.15, -0.1) is 0 Å². The van der Waals surface area contributed by atoms with Gasteiger partial charge in [-0.3, -0.25) is 0 Å². The number of furan rings is 1. The Morgan fingerprint density at radius 2 is 2.00 bits per heavy atom. The van der Waals surface area contributed by atoms with Crippen LogP contribution in [0.1, 0.15) is 55.2 Å². The molecule has 2 aliphatic heterocycles. The summed E-state index contributed by atoms with van der Waals surface area (Å²) in [5.74, 6) is 3.11. The summed E-state index contributed by atoms with van der Waals surface area (Å²) in [5, 5.41) is 0. The van der Waals surface area contributed by atoms with Crippen molar-refractivity contribution in [2.45, 2.75) is 74.7 Å². The van der Waals surface area contributed by atoms with Crippen LogP contribution in [0.15, 0.2) is 35.1 Å². The van der Waals surface area contributed by atoms with Crippen molar-refractivity contribution in [2.24, 2.45) is 17.3 Å². The van der Waals surface area contributed by atoms with Crippen LogP contribution in [0.4, 0.5) is 0 Å². The lowest BCUT2D eigenvalue weighted by Crippen LogP contribution is -2.83. The first-order valence-electron chi connectivity index (χ1n) is 14.3. The number of quaternary nitrogens is 1. The van der Waals surface area contributed by atoms with Crippen LogP contribution in [0.5, 0.6) is 11.5 Å². The van der Waals surface area contributed by atoms with Gasteiger partial charge in [0, 0.05) is 48.3 Å². The van der Waals surface area contributed by atoms with E-state index < -0.39 is 0 Å². The van der Waals surface area contributed by atoms with Gasteiger partial charge in [-0.25, -0.2) is 0 Å². The summed E-state index contributed by atoms with van der Waals surface area (Å²) in [7, 11) is 6.28. The molecule has 6 nitrogen and oxygen atoms in total. The third-order valence-corrected chi connectivity index (χ3v) is 11.9. The molecule has 2 aromatic rings. The van der Waals surface area contributed by atoms with E-state index in [1.807, 2.05) is 13.2 Å². The average molecular weight is 507 g/mol. The molecule has 3 heterocycles. The Morgan fingerprint density at radius 3 is 2.76 bits per heavy atom. The van der Waals surface area contributed by atoms with Crippen molar-refractivity contribution in [3.63, 3.8) is 0 Å². The molecule has 5 fully saturated rings. The van der Waals surface area contributed by atoms with Crippen molar-refractivity contribution >= 4 is 0 Å². The van der Waals surface area contributed by atoms with Gasteiger partial charge < -0.3 is 27.8 Å². The van der Waals surface area contributed by atoms with Crippen molar-refractivity contribution < 1.29 is 27.8 Å². The monoisotopic (exact) mass is 506 g/mol. The summed E-state index contributed by atoms with van der Waals surface area (Å²) in [5.41, 5.74) is 3.92. The number of fused-ring (bicyclic) bond motifs is 2. The second-order valence-corrected chi connectivity index (χ2v) is 13.3. The largest absolute Gasteiger partial charge is 0.493 e. The molecule has 198 valence electrons. The lowest BCUT2D eigenvalue weighted by atomic mass is 9.34. The SMILES string of the molecule is COc1ccc2c3c1O[C@H]1[C@@]4(OC)CC[C@@]5(C[C@@H]4COCc4ccoc4)[C@@H](C2)[N@@+](C)(CC2CC2)CC[C@]315. The maximum absolute atomic E-state index is 7.14. The third-order valence-electron chi connectivity index (χ3n) is 11.9. The van der Waals surface area contributed by atoms with Crippen molar-refractivity contribution in [2.75, 3.05) is 41.0 Å². The second kappa shape index (κ2) is 7.55. The molecule has 0 unspecified atom stereocenters. The minimum atomic E-state index is -0.349. The molecule has 7 atom stereocenters. The quantitative estimate of drug-likeness (QED) is 0.478. The Labute approximate surface area is 219 Å². The first kappa shape index (κ1) is 22.9. The number of hydrogen-bond acceptors (Lipinski definition) is 5. The Balaban J connectivity index is 1.26. The Hall–Kier alpha value is -2.02. The van der Waals surface area contributed by atoms with Gasteiger partial charge in [-0.1, -0.05) is 6.07 Å². The maximum atomic E-state index is 7.14.